The minimum atomic E-state index is -2.57. The van der Waals surface area contributed by atoms with Crippen LogP contribution in [0.3, 0.4) is 0 Å². The van der Waals surface area contributed by atoms with Gasteiger partial charge in [0.05, 0.1) is 6.10 Å². The zero-order chi connectivity index (χ0) is 14.2. The van der Waals surface area contributed by atoms with Crippen molar-refractivity contribution in [1.29, 1.82) is 0 Å². The minimum absolute atomic E-state index is 0.0329. The molecule has 0 radical (unpaired) electrons. The molecule has 2 aromatic rings. The lowest BCUT2D eigenvalue weighted by Gasteiger charge is -2.26. The Morgan fingerprint density at radius 3 is 2.15 bits per heavy atom. The van der Waals surface area contributed by atoms with Gasteiger partial charge < -0.3 is 4.43 Å². The van der Waals surface area contributed by atoms with Gasteiger partial charge >= 0.3 is 7.79 Å². The van der Waals surface area contributed by atoms with Gasteiger partial charge in [0.15, 0.2) is 0 Å². The van der Waals surface area contributed by atoms with Crippen LogP contribution in [0.5, 0.6) is 0 Å². The zero-order valence-electron chi connectivity index (χ0n) is 11.7. The Morgan fingerprint density at radius 2 is 1.55 bits per heavy atom. The highest BCUT2D eigenvalue weighted by atomic mass is 35.6. The molecule has 1 heterocycles. The molecule has 1 aliphatic rings. The van der Waals surface area contributed by atoms with E-state index in [4.69, 9.17) is 15.5 Å². The van der Waals surface area contributed by atoms with E-state index in [1.54, 1.807) is 0 Å². The second-order valence-corrected chi connectivity index (χ2v) is 9.41. The van der Waals surface area contributed by atoms with E-state index in [0.717, 1.165) is 5.19 Å². The van der Waals surface area contributed by atoms with E-state index < -0.39 is 7.79 Å². The lowest BCUT2D eigenvalue weighted by atomic mass is 10.0. The van der Waals surface area contributed by atoms with Gasteiger partial charge in [-0.1, -0.05) is 60.7 Å². The molecular weight excluding hydrogens is 286 g/mol. The summed E-state index contributed by atoms with van der Waals surface area (Å²) in [5, 5.41) is 1.11. The highest BCUT2D eigenvalue weighted by Gasteiger charge is 2.53. The van der Waals surface area contributed by atoms with Crippen LogP contribution in [-0.2, 0) is 4.43 Å². The van der Waals surface area contributed by atoms with Crippen molar-refractivity contribution in [1.82, 2.24) is 4.57 Å². The van der Waals surface area contributed by atoms with E-state index in [2.05, 4.69) is 42.8 Å². The van der Waals surface area contributed by atoms with Gasteiger partial charge in [-0.15, -0.1) is 11.1 Å². The number of rotatable bonds is 2. The summed E-state index contributed by atoms with van der Waals surface area (Å²) in [5.41, 5.74) is 1.19. The van der Waals surface area contributed by atoms with Crippen LogP contribution in [0.25, 0.3) is 0 Å². The highest BCUT2D eigenvalue weighted by molar-refractivity contribution is 7.22. The van der Waals surface area contributed by atoms with Crippen LogP contribution < -0.4 is 5.19 Å². The summed E-state index contributed by atoms with van der Waals surface area (Å²) in [6.07, 6.45) is 0.0329. The summed E-state index contributed by atoms with van der Waals surface area (Å²) in [7, 11) is -0.500. The van der Waals surface area contributed by atoms with Crippen molar-refractivity contribution in [3.05, 3.63) is 66.2 Å². The Balaban J connectivity index is 1.97. The molecule has 1 aliphatic heterocycles. The van der Waals surface area contributed by atoms with Crippen LogP contribution in [0.4, 0.5) is 0 Å². The second-order valence-electron chi connectivity index (χ2n) is 5.23. The first-order chi connectivity index (χ1) is 9.63. The van der Waals surface area contributed by atoms with Gasteiger partial charge in [-0.05, 0) is 24.7 Å². The SMILES string of the molecule is C[C@H]1C(c2ccccc2)O[Si@](Cl)(c2ccccc2)N1C. The molecule has 0 saturated carbocycles. The zero-order valence-corrected chi connectivity index (χ0v) is 13.4. The summed E-state index contributed by atoms with van der Waals surface area (Å²) in [6.45, 7) is 2.18. The standard InChI is InChI=1S/C16H18ClNOSi/c1-13-16(14-9-5-3-6-10-14)19-20(17,18(13)2)15-11-7-4-8-12-15/h3-13,16H,1-2H3/t13-,16?,20-/m0/s1. The van der Waals surface area contributed by atoms with Gasteiger partial charge in [0.25, 0.3) is 0 Å². The maximum Gasteiger partial charge on any atom is 0.408 e. The molecule has 0 N–H and O–H groups in total. The molecule has 0 aromatic heterocycles. The molecule has 2 aromatic carbocycles. The van der Waals surface area contributed by atoms with E-state index in [1.165, 1.54) is 5.56 Å². The third-order valence-electron chi connectivity index (χ3n) is 4.04. The first kappa shape index (κ1) is 13.8. The van der Waals surface area contributed by atoms with Crippen molar-refractivity contribution < 1.29 is 4.43 Å². The molecule has 4 heteroatoms. The van der Waals surface area contributed by atoms with E-state index in [9.17, 15) is 0 Å². The highest BCUT2D eigenvalue weighted by Crippen LogP contribution is 2.38. The fourth-order valence-corrected chi connectivity index (χ4v) is 6.49. The normalized spacial score (nSPS) is 30.6. The first-order valence-electron chi connectivity index (χ1n) is 6.83. The molecule has 3 rings (SSSR count). The summed E-state index contributed by atoms with van der Waals surface area (Å²) in [4.78, 5) is 0. The number of hydrogen-bond donors (Lipinski definition) is 0. The van der Waals surface area contributed by atoms with E-state index in [0.29, 0.717) is 0 Å². The molecule has 0 spiro atoms. The molecule has 20 heavy (non-hydrogen) atoms. The fourth-order valence-electron chi connectivity index (χ4n) is 2.72. The molecule has 3 atom stereocenters. The number of nitrogens with zero attached hydrogens (tertiary/aromatic N) is 1. The van der Waals surface area contributed by atoms with Crippen LogP contribution in [0.15, 0.2) is 60.7 Å². The van der Waals surface area contributed by atoms with Gasteiger partial charge in [-0.2, -0.15) is 0 Å². The van der Waals surface area contributed by atoms with Crippen LogP contribution in [-0.4, -0.2) is 25.4 Å². The summed E-state index contributed by atoms with van der Waals surface area (Å²) in [5.74, 6) is 0. The molecule has 2 nitrogen and oxygen atoms in total. The Labute approximate surface area is 125 Å². The van der Waals surface area contributed by atoms with Crippen LogP contribution in [0, 0.1) is 0 Å². The smallest absolute Gasteiger partial charge is 0.380 e. The average molecular weight is 304 g/mol. The maximum atomic E-state index is 6.93. The third kappa shape index (κ3) is 2.21. The topological polar surface area (TPSA) is 12.5 Å². The van der Waals surface area contributed by atoms with Gasteiger partial charge in [0, 0.05) is 6.04 Å². The summed E-state index contributed by atoms with van der Waals surface area (Å²) >= 11 is 6.93. The summed E-state index contributed by atoms with van der Waals surface area (Å²) in [6, 6.07) is 20.8. The van der Waals surface area contributed by atoms with Crippen molar-refractivity contribution in [3.63, 3.8) is 0 Å². The summed E-state index contributed by atoms with van der Waals surface area (Å²) < 4.78 is 8.60. The molecule has 1 saturated heterocycles. The van der Waals surface area contributed by atoms with E-state index in [-0.39, 0.29) is 12.1 Å². The molecular formula is C16H18ClNOSi. The number of halogens is 1. The largest absolute Gasteiger partial charge is 0.408 e. The van der Waals surface area contributed by atoms with Crippen molar-refractivity contribution >= 4 is 24.1 Å². The monoisotopic (exact) mass is 303 g/mol. The second kappa shape index (κ2) is 5.33. The predicted octanol–water partition coefficient (Wildman–Crippen LogP) is 3.16. The Morgan fingerprint density at radius 1 is 1.00 bits per heavy atom. The van der Waals surface area contributed by atoms with Gasteiger partial charge in [0.1, 0.15) is 0 Å². The molecule has 0 aliphatic carbocycles. The Hall–Kier alpha value is -1.13. The van der Waals surface area contributed by atoms with Crippen LogP contribution in [0.1, 0.15) is 18.6 Å². The van der Waals surface area contributed by atoms with Crippen molar-refractivity contribution in [3.8, 4) is 0 Å². The quantitative estimate of drug-likeness (QED) is 0.624. The molecule has 1 unspecified atom stereocenters. The van der Waals surface area contributed by atoms with Crippen LogP contribution >= 0.6 is 11.1 Å². The average Bonchev–Trinajstić information content (AvgIpc) is 2.75. The molecule has 0 bridgehead atoms. The molecule has 1 fully saturated rings. The van der Waals surface area contributed by atoms with Gasteiger partial charge in [-0.25, -0.2) is 0 Å². The lowest BCUT2D eigenvalue weighted by molar-refractivity contribution is 0.209. The van der Waals surface area contributed by atoms with Gasteiger partial charge in [0.2, 0.25) is 0 Å². The fraction of sp³-hybridized carbons (Fsp3) is 0.250. The number of benzene rings is 2. The van der Waals surface area contributed by atoms with Crippen molar-refractivity contribution in [2.75, 3.05) is 7.05 Å². The van der Waals surface area contributed by atoms with Crippen LogP contribution in [0.2, 0.25) is 0 Å². The maximum absolute atomic E-state index is 6.93. The first-order valence-corrected chi connectivity index (χ1v) is 9.70. The molecule has 0 amide bonds. The molecule has 104 valence electrons. The number of likely N-dealkylation sites (N-methyl/N-ethyl adjacent to an activating group) is 1. The van der Waals surface area contributed by atoms with E-state index >= 15 is 0 Å². The predicted molar refractivity (Wildman–Crippen MR) is 85.2 cm³/mol. The minimum Gasteiger partial charge on any atom is -0.380 e. The van der Waals surface area contributed by atoms with E-state index in [1.807, 2.05) is 36.4 Å². The van der Waals surface area contributed by atoms with Gasteiger partial charge in [-0.3, -0.25) is 4.57 Å². The lowest BCUT2D eigenvalue weighted by Crippen LogP contribution is -2.55. The third-order valence-corrected chi connectivity index (χ3v) is 8.69. The Kier molecular flexibility index (Phi) is 3.69. The number of hydrogen-bond acceptors (Lipinski definition) is 2. The van der Waals surface area contributed by atoms with Crippen molar-refractivity contribution in [2.45, 2.75) is 19.1 Å². The van der Waals surface area contributed by atoms with Crippen molar-refractivity contribution in [2.24, 2.45) is 0 Å². The Bertz CT molecular complexity index is 580.